The van der Waals surface area contributed by atoms with E-state index in [-0.39, 0.29) is 0 Å². The van der Waals surface area contributed by atoms with Gasteiger partial charge < -0.3 is 10.5 Å². The molecular formula is C12H15NO2. The van der Waals surface area contributed by atoms with Gasteiger partial charge in [-0.1, -0.05) is 12.2 Å². The molecular weight excluding hydrogens is 190 g/mol. The Morgan fingerprint density at radius 2 is 2.20 bits per heavy atom. The number of benzene rings is 1. The van der Waals surface area contributed by atoms with Gasteiger partial charge in [0.15, 0.2) is 6.29 Å². The predicted octanol–water partition coefficient (Wildman–Crippen LogP) is 1.87. The largest absolute Gasteiger partial charge is 0.497 e. The number of hydrogen-bond acceptors (Lipinski definition) is 3. The van der Waals surface area contributed by atoms with Gasteiger partial charge in [0, 0.05) is 5.56 Å². The number of hydrogen-bond donors (Lipinski definition) is 1. The van der Waals surface area contributed by atoms with Gasteiger partial charge in [-0.05, 0) is 36.7 Å². The fourth-order valence-electron chi connectivity index (χ4n) is 1.24. The summed E-state index contributed by atoms with van der Waals surface area (Å²) in [4.78, 5) is 10.8. The van der Waals surface area contributed by atoms with Gasteiger partial charge in [0.2, 0.25) is 0 Å². The number of nitrogens with two attached hydrogens (primary N) is 1. The molecule has 80 valence electrons. The maximum Gasteiger partial charge on any atom is 0.150 e. The van der Waals surface area contributed by atoms with Crippen LogP contribution in [0, 0.1) is 0 Å². The van der Waals surface area contributed by atoms with Gasteiger partial charge in [-0.3, -0.25) is 4.79 Å². The number of methoxy groups -OCH3 is 1. The zero-order chi connectivity index (χ0) is 11.1. The lowest BCUT2D eigenvalue weighted by molar-refractivity contribution is 0.112. The van der Waals surface area contributed by atoms with Crippen molar-refractivity contribution in [3.63, 3.8) is 0 Å². The van der Waals surface area contributed by atoms with Gasteiger partial charge in [-0.25, -0.2) is 0 Å². The van der Waals surface area contributed by atoms with E-state index in [0.717, 1.165) is 24.0 Å². The molecule has 0 spiro atoms. The summed E-state index contributed by atoms with van der Waals surface area (Å²) >= 11 is 0. The number of rotatable bonds is 5. The lowest BCUT2D eigenvalue weighted by Gasteiger charge is -2.03. The van der Waals surface area contributed by atoms with E-state index in [1.54, 1.807) is 19.2 Å². The van der Waals surface area contributed by atoms with Crippen molar-refractivity contribution in [3.05, 3.63) is 35.4 Å². The monoisotopic (exact) mass is 205 g/mol. The second-order valence-corrected chi connectivity index (χ2v) is 3.09. The Balaban J connectivity index is 2.95. The second-order valence-electron chi connectivity index (χ2n) is 3.09. The lowest BCUT2D eigenvalue weighted by atomic mass is 10.1. The fourth-order valence-corrected chi connectivity index (χ4v) is 1.24. The van der Waals surface area contributed by atoms with E-state index in [2.05, 4.69) is 0 Å². The summed E-state index contributed by atoms with van der Waals surface area (Å²) in [5, 5.41) is 0. The van der Waals surface area contributed by atoms with E-state index in [0.29, 0.717) is 12.1 Å². The molecule has 2 N–H and O–H groups in total. The Morgan fingerprint density at radius 3 is 2.80 bits per heavy atom. The maximum absolute atomic E-state index is 10.8. The number of aldehydes is 1. The zero-order valence-corrected chi connectivity index (χ0v) is 8.77. The molecule has 0 aliphatic heterocycles. The van der Waals surface area contributed by atoms with E-state index in [9.17, 15) is 4.79 Å². The van der Waals surface area contributed by atoms with Gasteiger partial charge in [0.1, 0.15) is 5.75 Å². The summed E-state index contributed by atoms with van der Waals surface area (Å²) in [6, 6.07) is 5.34. The second kappa shape index (κ2) is 5.98. The normalized spacial score (nSPS) is 10.5. The third-order valence-corrected chi connectivity index (χ3v) is 2.05. The Morgan fingerprint density at radius 1 is 1.40 bits per heavy atom. The highest BCUT2D eigenvalue weighted by Gasteiger charge is 1.99. The van der Waals surface area contributed by atoms with Crippen molar-refractivity contribution in [1.29, 1.82) is 0 Å². The molecule has 0 aliphatic carbocycles. The van der Waals surface area contributed by atoms with Crippen LogP contribution in [0.5, 0.6) is 5.75 Å². The Bertz CT molecular complexity index is 359. The van der Waals surface area contributed by atoms with Crippen LogP contribution in [-0.4, -0.2) is 19.9 Å². The van der Waals surface area contributed by atoms with Crippen molar-refractivity contribution in [2.75, 3.05) is 13.7 Å². The van der Waals surface area contributed by atoms with E-state index in [4.69, 9.17) is 10.5 Å². The van der Waals surface area contributed by atoms with Gasteiger partial charge in [0.25, 0.3) is 0 Å². The number of ether oxygens (including phenoxy) is 1. The first-order valence-electron chi connectivity index (χ1n) is 4.81. The molecule has 1 aromatic rings. The summed E-state index contributed by atoms with van der Waals surface area (Å²) in [6.45, 7) is 0.608. The van der Waals surface area contributed by atoms with Gasteiger partial charge in [-0.2, -0.15) is 0 Å². The van der Waals surface area contributed by atoms with Crippen molar-refractivity contribution >= 4 is 12.4 Å². The molecule has 0 amide bonds. The molecule has 1 rings (SSSR count). The average Bonchev–Trinajstić information content (AvgIpc) is 2.29. The van der Waals surface area contributed by atoms with Crippen molar-refractivity contribution in [2.45, 2.75) is 6.42 Å². The first kappa shape index (κ1) is 11.5. The third kappa shape index (κ3) is 3.22. The molecule has 0 aliphatic rings. The number of carbonyl (C=O) groups is 1. The minimum atomic E-state index is 0.608. The van der Waals surface area contributed by atoms with E-state index in [1.807, 2.05) is 18.2 Å². The van der Waals surface area contributed by atoms with Crippen molar-refractivity contribution in [3.8, 4) is 5.75 Å². The molecule has 15 heavy (non-hydrogen) atoms. The van der Waals surface area contributed by atoms with Crippen LogP contribution in [0.4, 0.5) is 0 Å². The summed E-state index contributed by atoms with van der Waals surface area (Å²) in [6.07, 6.45) is 5.47. The van der Waals surface area contributed by atoms with Crippen LogP contribution in [0.2, 0.25) is 0 Å². The van der Waals surface area contributed by atoms with Gasteiger partial charge in [0.05, 0.1) is 7.11 Å². The topological polar surface area (TPSA) is 52.3 Å². The average molecular weight is 205 g/mol. The summed E-state index contributed by atoms with van der Waals surface area (Å²) in [5.74, 6) is 0.744. The zero-order valence-electron chi connectivity index (χ0n) is 8.77. The molecule has 3 nitrogen and oxygen atoms in total. The molecule has 0 saturated heterocycles. The molecule has 0 aromatic heterocycles. The Labute approximate surface area is 89.5 Å². The van der Waals surface area contributed by atoms with Gasteiger partial charge >= 0.3 is 0 Å². The molecule has 0 radical (unpaired) electrons. The quantitative estimate of drug-likeness (QED) is 0.746. The molecule has 0 saturated carbocycles. The highest BCUT2D eigenvalue weighted by atomic mass is 16.5. The first-order chi connectivity index (χ1) is 7.31. The molecule has 0 atom stereocenters. The minimum absolute atomic E-state index is 0.608. The molecule has 0 bridgehead atoms. The minimum Gasteiger partial charge on any atom is -0.497 e. The Kier molecular flexibility index (Phi) is 4.57. The van der Waals surface area contributed by atoms with Crippen LogP contribution in [0.3, 0.4) is 0 Å². The van der Waals surface area contributed by atoms with E-state index in [1.165, 1.54) is 0 Å². The molecule has 0 heterocycles. The van der Waals surface area contributed by atoms with Crippen LogP contribution < -0.4 is 10.5 Å². The predicted molar refractivity (Wildman–Crippen MR) is 61.1 cm³/mol. The van der Waals surface area contributed by atoms with Crippen molar-refractivity contribution in [1.82, 2.24) is 0 Å². The maximum atomic E-state index is 10.8. The third-order valence-electron chi connectivity index (χ3n) is 2.05. The lowest BCUT2D eigenvalue weighted by Crippen LogP contribution is -1.95. The first-order valence-corrected chi connectivity index (χ1v) is 4.81. The molecule has 0 fully saturated rings. The van der Waals surface area contributed by atoms with E-state index < -0.39 is 0 Å². The highest BCUT2D eigenvalue weighted by molar-refractivity contribution is 5.82. The standard InChI is InChI=1S/C12H15NO2/c1-15-12-6-5-11(9-14)10(8-12)4-2-3-7-13/h2,4-6,8-9H,3,7,13H2,1H3. The van der Waals surface area contributed by atoms with Gasteiger partial charge in [-0.15, -0.1) is 0 Å². The van der Waals surface area contributed by atoms with Crippen LogP contribution >= 0.6 is 0 Å². The SMILES string of the molecule is COc1ccc(C=O)c(C=CCCN)c1. The molecule has 1 aromatic carbocycles. The van der Waals surface area contributed by atoms with Crippen molar-refractivity contribution < 1.29 is 9.53 Å². The Hall–Kier alpha value is -1.61. The highest BCUT2D eigenvalue weighted by Crippen LogP contribution is 2.17. The molecule has 0 unspecified atom stereocenters. The molecule has 3 heteroatoms. The van der Waals surface area contributed by atoms with Crippen LogP contribution in [0.25, 0.3) is 6.08 Å². The summed E-state index contributed by atoms with van der Waals surface area (Å²) in [7, 11) is 1.60. The fraction of sp³-hybridized carbons (Fsp3) is 0.250. The number of carbonyl (C=O) groups excluding carboxylic acids is 1. The van der Waals surface area contributed by atoms with Crippen molar-refractivity contribution in [2.24, 2.45) is 5.73 Å². The summed E-state index contributed by atoms with van der Waals surface area (Å²) < 4.78 is 5.09. The van der Waals surface area contributed by atoms with Crippen LogP contribution in [-0.2, 0) is 0 Å². The smallest absolute Gasteiger partial charge is 0.150 e. The van der Waals surface area contributed by atoms with E-state index >= 15 is 0 Å². The van der Waals surface area contributed by atoms with Crippen LogP contribution in [0.15, 0.2) is 24.3 Å². The van der Waals surface area contributed by atoms with Crippen LogP contribution in [0.1, 0.15) is 22.3 Å². The summed E-state index contributed by atoms with van der Waals surface area (Å²) in [5.41, 5.74) is 6.89.